The van der Waals surface area contributed by atoms with Gasteiger partial charge in [0.25, 0.3) is 0 Å². The Morgan fingerprint density at radius 3 is 1.14 bits per heavy atom. The number of ether oxygens (including phenoxy) is 2. The average Bonchev–Trinajstić information content (AvgIpc) is 1.72. The summed E-state index contributed by atoms with van der Waals surface area (Å²) < 4.78 is 9.89. The maximum atomic E-state index is 4.94. The Balaban J connectivity index is 0.000000360. The molecule has 0 N–H and O–H groups in total. The van der Waals surface area contributed by atoms with Gasteiger partial charge >= 0.3 is 18.9 Å². The Labute approximate surface area is 55.4 Å². The Morgan fingerprint density at radius 1 is 0.714 bits per heavy atom. The molecule has 0 aromatic carbocycles. The summed E-state index contributed by atoms with van der Waals surface area (Å²) in [5.41, 5.74) is 0. The van der Waals surface area contributed by atoms with Gasteiger partial charge in [-0.2, -0.15) is 0 Å². The van der Waals surface area contributed by atoms with Gasteiger partial charge in [-0.1, -0.05) is 0 Å². The fourth-order valence-corrected chi connectivity index (χ4v) is 0.440. The van der Waals surface area contributed by atoms with Crippen LogP contribution in [0.1, 0.15) is 0 Å². The van der Waals surface area contributed by atoms with Gasteiger partial charge in [0.2, 0.25) is 0 Å². The Kier molecular flexibility index (Phi) is 5.02. The fourth-order valence-electron chi connectivity index (χ4n) is 0.440. The second kappa shape index (κ2) is 4.67. The van der Waals surface area contributed by atoms with Crippen LogP contribution in [0.15, 0.2) is 0 Å². The van der Waals surface area contributed by atoms with Crippen LogP contribution < -0.4 is 0 Å². The van der Waals surface area contributed by atoms with Crippen LogP contribution in [-0.2, 0) is 9.47 Å². The molecular weight excluding hydrogens is 87.0 g/mol. The van der Waals surface area contributed by atoms with Gasteiger partial charge < -0.3 is 9.47 Å². The van der Waals surface area contributed by atoms with Crippen molar-refractivity contribution in [3.8, 4) is 0 Å². The van der Waals surface area contributed by atoms with Crippen molar-refractivity contribution in [1.29, 1.82) is 0 Å². The van der Waals surface area contributed by atoms with Crippen molar-refractivity contribution in [3.63, 3.8) is 0 Å². The third kappa shape index (κ3) is 3.13. The summed E-state index contributed by atoms with van der Waals surface area (Å²) in [6.45, 7) is 3.11. The van der Waals surface area contributed by atoms with Crippen molar-refractivity contribution in [2.24, 2.45) is 0 Å². The van der Waals surface area contributed by atoms with Gasteiger partial charge in [0.15, 0.2) is 0 Å². The van der Waals surface area contributed by atoms with E-state index in [2.05, 4.69) is 0 Å². The zero-order chi connectivity index (χ0) is 4.24. The van der Waals surface area contributed by atoms with Crippen molar-refractivity contribution < 1.29 is 9.47 Å². The Morgan fingerprint density at radius 2 is 1.00 bits per heavy atom. The molecule has 0 aliphatic carbocycles. The van der Waals surface area contributed by atoms with Crippen molar-refractivity contribution in [1.82, 2.24) is 0 Å². The summed E-state index contributed by atoms with van der Waals surface area (Å²) in [5.74, 6) is 0. The zero-order valence-corrected chi connectivity index (χ0v) is 3.64. The van der Waals surface area contributed by atoms with Gasteiger partial charge in [0.1, 0.15) is 0 Å². The van der Waals surface area contributed by atoms with E-state index in [-0.39, 0.29) is 18.9 Å². The molecule has 7 heavy (non-hydrogen) atoms. The van der Waals surface area contributed by atoms with E-state index >= 15 is 0 Å². The SMILES string of the molecule is C1COCCO1.[LiH]. The van der Waals surface area contributed by atoms with Crippen LogP contribution in [0.3, 0.4) is 0 Å². The maximum absolute atomic E-state index is 4.94. The molecule has 1 rings (SSSR count). The topological polar surface area (TPSA) is 18.5 Å². The first-order chi connectivity index (χ1) is 3.00. The first-order valence-electron chi connectivity index (χ1n) is 2.15. The average molecular weight is 96.1 g/mol. The zero-order valence-electron chi connectivity index (χ0n) is 3.64. The molecule has 2 nitrogen and oxygen atoms in total. The second-order valence-corrected chi connectivity index (χ2v) is 1.22. The van der Waals surface area contributed by atoms with E-state index in [1.807, 2.05) is 0 Å². The van der Waals surface area contributed by atoms with E-state index in [1.165, 1.54) is 0 Å². The summed E-state index contributed by atoms with van der Waals surface area (Å²) in [5, 5.41) is 0. The monoisotopic (exact) mass is 96.1 g/mol. The van der Waals surface area contributed by atoms with E-state index in [9.17, 15) is 0 Å². The number of hydrogen-bond acceptors (Lipinski definition) is 2. The fraction of sp³-hybridized carbons (Fsp3) is 1.00. The molecule has 1 heterocycles. The first kappa shape index (κ1) is 7.52. The quantitative estimate of drug-likeness (QED) is 0.374. The molecule has 0 amide bonds. The molecular formula is C4H9LiO2. The van der Waals surface area contributed by atoms with Gasteiger partial charge in [-0.3, -0.25) is 0 Å². The molecule has 0 spiro atoms. The molecule has 3 heteroatoms. The van der Waals surface area contributed by atoms with Crippen molar-refractivity contribution in [2.45, 2.75) is 0 Å². The van der Waals surface area contributed by atoms with Crippen LogP contribution in [0.4, 0.5) is 0 Å². The molecule has 1 fully saturated rings. The van der Waals surface area contributed by atoms with Gasteiger partial charge in [-0.15, -0.1) is 0 Å². The molecule has 1 aliphatic heterocycles. The minimum absolute atomic E-state index is 0. The van der Waals surface area contributed by atoms with Gasteiger partial charge in [0, 0.05) is 0 Å². The third-order valence-corrected chi connectivity index (χ3v) is 0.744. The van der Waals surface area contributed by atoms with Crippen LogP contribution in [0.5, 0.6) is 0 Å². The molecule has 1 aliphatic rings. The van der Waals surface area contributed by atoms with Gasteiger partial charge in [0.05, 0.1) is 26.4 Å². The number of rotatable bonds is 0. The minimum atomic E-state index is 0. The van der Waals surface area contributed by atoms with Crippen LogP contribution >= 0.6 is 0 Å². The molecule has 0 aromatic heterocycles. The second-order valence-electron chi connectivity index (χ2n) is 1.22. The Hall–Kier alpha value is 0.517. The predicted molar refractivity (Wildman–Crippen MR) is 28.8 cm³/mol. The van der Waals surface area contributed by atoms with E-state index in [4.69, 9.17) is 9.47 Å². The summed E-state index contributed by atoms with van der Waals surface area (Å²) in [7, 11) is 0. The summed E-state index contributed by atoms with van der Waals surface area (Å²) >= 11 is 0. The molecule has 0 saturated carbocycles. The van der Waals surface area contributed by atoms with E-state index in [0.717, 1.165) is 26.4 Å². The van der Waals surface area contributed by atoms with Crippen LogP contribution in [0, 0.1) is 0 Å². The molecule has 0 unspecified atom stereocenters. The Bertz CT molecular complexity index is 25.2. The first-order valence-corrected chi connectivity index (χ1v) is 2.15. The number of hydrogen-bond donors (Lipinski definition) is 0. The molecule has 0 atom stereocenters. The predicted octanol–water partition coefficient (Wildman–Crippen LogP) is -0.615. The molecule has 38 valence electrons. The standard InChI is InChI=1S/C4H8O2.Li.H/c1-2-6-4-3-5-1;;/h1-4H2;;. The van der Waals surface area contributed by atoms with Crippen LogP contribution in [-0.4, -0.2) is 45.3 Å². The van der Waals surface area contributed by atoms with Crippen molar-refractivity contribution >= 4 is 18.9 Å². The molecule has 1 saturated heterocycles. The molecule has 0 radical (unpaired) electrons. The van der Waals surface area contributed by atoms with Crippen molar-refractivity contribution in [2.75, 3.05) is 26.4 Å². The van der Waals surface area contributed by atoms with Crippen molar-refractivity contribution in [3.05, 3.63) is 0 Å². The van der Waals surface area contributed by atoms with E-state index in [1.54, 1.807) is 0 Å². The van der Waals surface area contributed by atoms with Gasteiger partial charge in [-0.05, 0) is 0 Å². The van der Waals surface area contributed by atoms with Gasteiger partial charge in [-0.25, -0.2) is 0 Å². The normalized spacial score (nSPS) is 20.6. The molecule has 0 aromatic rings. The van der Waals surface area contributed by atoms with Crippen LogP contribution in [0.25, 0.3) is 0 Å². The third-order valence-electron chi connectivity index (χ3n) is 0.744. The molecule has 0 bridgehead atoms. The summed E-state index contributed by atoms with van der Waals surface area (Å²) in [6.07, 6.45) is 0. The van der Waals surface area contributed by atoms with E-state index < -0.39 is 0 Å². The van der Waals surface area contributed by atoms with E-state index in [0.29, 0.717) is 0 Å². The summed E-state index contributed by atoms with van der Waals surface area (Å²) in [6, 6.07) is 0. The van der Waals surface area contributed by atoms with Crippen LogP contribution in [0.2, 0.25) is 0 Å². The summed E-state index contributed by atoms with van der Waals surface area (Å²) in [4.78, 5) is 0.